The van der Waals surface area contributed by atoms with Gasteiger partial charge < -0.3 is 0 Å². The van der Waals surface area contributed by atoms with Crippen LogP contribution in [-0.4, -0.2) is 5.78 Å². The van der Waals surface area contributed by atoms with Crippen molar-refractivity contribution in [3.8, 4) is 0 Å². The molecule has 0 aliphatic carbocycles. The van der Waals surface area contributed by atoms with Crippen LogP contribution in [0.3, 0.4) is 0 Å². The topological polar surface area (TPSA) is 17.1 Å². The number of hydrogen-bond acceptors (Lipinski definition) is 1. The summed E-state index contributed by atoms with van der Waals surface area (Å²) in [6, 6.07) is 4.82. The molecule has 0 aliphatic heterocycles. The number of halogens is 2. The Bertz CT molecular complexity index is 390. The molecule has 0 saturated heterocycles. The summed E-state index contributed by atoms with van der Waals surface area (Å²) in [5, 5.41) is 0.130. The summed E-state index contributed by atoms with van der Waals surface area (Å²) in [6.07, 6.45) is 2.90. The van der Waals surface area contributed by atoms with Gasteiger partial charge in [-0.3, -0.25) is 4.79 Å². The van der Waals surface area contributed by atoms with Crippen LogP contribution in [0.1, 0.15) is 51.0 Å². The maximum Gasteiger partial charge on any atom is 0.142 e. The van der Waals surface area contributed by atoms with Crippen LogP contribution in [0.2, 0.25) is 5.02 Å². The average molecular weight is 257 g/mol. The Morgan fingerprint density at radius 2 is 2.12 bits per heavy atom. The fourth-order valence-electron chi connectivity index (χ4n) is 1.92. The SMILES string of the molecule is CCCC(CC(=O)CC)c1ccc(Cl)c(F)c1. The number of benzene rings is 1. The van der Waals surface area contributed by atoms with E-state index in [4.69, 9.17) is 11.6 Å². The predicted molar refractivity (Wildman–Crippen MR) is 69.0 cm³/mol. The van der Waals surface area contributed by atoms with Crippen LogP contribution in [0.4, 0.5) is 4.39 Å². The maximum atomic E-state index is 13.4. The molecule has 0 amide bonds. The molecule has 94 valence electrons. The third-order valence-electron chi connectivity index (χ3n) is 2.92. The molecule has 1 atom stereocenters. The summed E-state index contributed by atoms with van der Waals surface area (Å²) < 4.78 is 13.4. The normalized spacial score (nSPS) is 12.5. The average Bonchev–Trinajstić information content (AvgIpc) is 2.32. The molecule has 17 heavy (non-hydrogen) atoms. The van der Waals surface area contributed by atoms with Gasteiger partial charge in [0.15, 0.2) is 0 Å². The van der Waals surface area contributed by atoms with E-state index in [0.717, 1.165) is 18.4 Å². The molecule has 0 radical (unpaired) electrons. The predicted octanol–water partition coefficient (Wildman–Crippen LogP) is 4.73. The van der Waals surface area contributed by atoms with E-state index in [1.54, 1.807) is 6.07 Å². The second-order valence-electron chi connectivity index (χ2n) is 4.26. The standard InChI is InChI=1S/C14H18ClFO/c1-3-5-10(8-12(17)4-2)11-6-7-13(15)14(16)9-11/h6-7,9-10H,3-5,8H2,1-2H3. The Labute approximate surface area is 107 Å². The Morgan fingerprint density at radius 3 is 2.65 bits per heavy atom. The van der Waals surface area contributed by atoms with Crippen molar-refractivity contribution in [2.45, 2.75) is 45.4 Å². The van der Waals surface area contributed by atoms with Gasteiger partial charge in [0.25, 0.3) is 0 Å². The van der Waals surface area contributed by atoms with Crippen molar-refractivity contribution < 1.29 is 9.18 Å². The van der Waals surface area contributed by atoms with E-state index in [-0.39, 0.29) is 16.7 Å². The second kappa shape index (κ2) is 6.75. The van der Waals surface area contributed by atoms with E-state index >= 15 is 0 Å². The van der Waals surface area contributed by atoms with E-state index in [2.05, 4.69) is 6.92 Å². The molecule has 3 heteroatoms. The minimum atomic E-state index is -0.408. The molecule has 1 nitrogen and oxygen atoms in total. The van der Waals surface area contributed by atoms with Crippen molar-refractivity contribution in [3.05, 3.63) is 34.6 Å². The number of carbonyl (C=O) groups is 1. The van der Waals surface area contributed by atoms with Gasteiger partial charge in [0.1, 0.15) is 11.6 Å². The fourth-order valence-corrected chi connectivity index (χ4v) is 2.04. The molecular formula is C14H18ClFO. The molecule has 0 spiro atoms. The highest BCUT2D eigenvalue weighted by atomic mass is 35.5. The highest BCUT2D eigenvalue weighted by Gasteiger charge is 2.15. The van der Waals surface area contributed by atoms with Gasteiger partial charge in [-0.2, -0.15) is 0 Å². The lowest BCUT2D eigenvalue weighted by molar-refractivity contribution is -0.119. The van der Waals surface area contributed by atoms with Gasteiger partial charge in [-0.1, -0.05) is 37.9 Å². The van der Waals surface area contributed by atoms with Crippen LogP contribution in [0.5, 0.6) is 0 Å². The lowest BCUT2D eigenvalue weighted by Crippen LogP contribution is -2.06. The zero-order valence-electron chi connectivity index (χ0n) is 10.3. The molecule has 1 aromatic carbocycles. The van der Waals surface area contributed by atoms with E-state index in [9.17, 15) is 9.18 Å². The largest absolute Gasteiger partial charge is 0.300 e. The molecule has 0 fully saturated rings. The second-order valence-corrected chi connectivity index (χ2v) is 4.66. The van der Waals surface area contributed by atoms with Crippen LogP contribution in [0, 0.1) is 5.82 Å². The summed E-state index contributed by atoms with van der Waals surface area (Å²) >= 11 is 5.65. The highest BCUT2D eigenvalue weighted by molar-refractivity contribution is 6.30. The fraction of sp³-hybridized carbons (Fsp3) is 0.500. The zero-order chi connectivity index (χ0) is 12.8. The first-order chi connectivity index (χ1) is 8.08. The number of rotatable bonds is 6. The minimum absolute atomic E-state index is 0.110. The van der Waals surface area contributed by atoms with Crippen LogP contribution < -0.4 is 0 Å². The first kappa shape index (κ1) is 14.2. The van der Waals surface area contributed by atoms with E-state index in [0.29, 0.717) is 12.8 Å². The summed E-state index contributed by atoms with van der Waals surface area (Å²) in [4.78, 5) is 11.5. The van der Waals surface area contributed by atoms with Gasteiger partial charge in [0.05, 0.1) is 5.02 Å². The van der Waals surface area contributed by atoms with E-state index in [1.807, 2.05) is 13.0 Å². The third kappa shape index (κ3) is 4.12. The first-order valence-corrected chi connectivity index (χ1v) is 6.42. The van der Waals surface area contributed by atoms with Gasteiger partial charge in [-0.15, -0.1) is 0 Å². The van der Waals surface area contributed by atoms with Crippen molar-refractivity contribution in [2.24, 2.45) is 0 Å². The molecular weight excluding hydrogens is 239 g/mol. The summed E-state index contributed by atoms with van der Waals surface area (Å²) in [5.41, 5.74) is 0.871. The quantitative estimate of drug-likeness (QED) is 0.719. The Morgan fingerprint density at radius 1 is 1.41 bits per heavy atom. The van der Waals surface area contributed by atoms with Crippen molar-refractivity contribution in [1.29, 1.82) is 0 Å². The van der Waals surface area contributed by atoms with Crippen LogP contribution in [-0.2, 0) is 4.79 Å². The maximum absolute atomic E-state index is 13.4. The first-order valence-electron chi connectivity index (χ1n) is 6.05. The lowest BCUT2D eigenvalue weighted by Gasteiger charge is -2.16. The Hall–Kier alpha value is -0.890. The summed E-state index contributed by atoms with van der Waals surface area (Å²) in [5.74, 6) is -0.0766. The van der Waals surface area contributed by atoms with Gasteiger partial charge >= 0.3 is 0 Å². The third-order valence-corrected chi connectivity index (χ3v) is 3.23. The van der Waals surface area contributed by atoms with Gasteiger partial charge in [-0.05, 0) is 30.0 Å². The van der Waals surface area contributed by atoms with E-state index in [1.165, 1.54) is 6.07 Å². The van der Waals surface area contributed by atoms with Crippen LogP contribution in [0.15, 0.2) is 18.2 Å². The number of carbonyl (C=O) groups excluding carboxylic acids is 1. The van der Waals surface area contributed by atoms with Crippen LogP contribution in [0.25, 0.3) is 0 Å². The summed E-state index contributed by atoms with van der Waals surface area (Å²) in [6.45, 7) is 3.92. The van der Waals surface area contributed by atoms with Crippen molar-refractivity contribution >= 4 is 17.4 Å². The Kier molecular flexibility index (Phi) is 5.63. The molecule has 1 unspecified atom stereocenters. The highest BCUT2D eigenvalue weighted by Crippen LogP contribution is 2.28. The van der Waals surface area contributed by atoms with Gasteiger partial charge in [-0.25, -0.2) is 4.39 Å². The molecule has 0 aliphatic rings. The van der Waals surface area contributed by atoms with Crippen molar-refractivity contribution in [3.63, 3.8) is 0 Å². The van der Waals surface area contributed by atoms with Gasteiger partial charge in [0.2, 0.25) is 0 Å². The molecule has 0 bridgehead atoms. The molecule has 0 N–H and O–H groups in total. The van der Waals surface area contributed by atoms with E-state index < -0.39 is 5.82 Å². The van der Waals surface area contributed by atoms with Crippen LogP contribution >= 0.6 is 11.6 Å². The lowest BCUT2D eigenvalue weighted by atomic mass is 9.89. The molecule has 0 heterocycles. The zero-order valence-corrected chi connectivity index (χ0v) is 11.1. The van der Waals surface area contributed by atoms with Crippen molar-refractivity contribution in [2.75, 3.05) is 0 Å². The van der Waals surface area contributed by atoms with Crippen molar-refractivity contribution in [1.82, 2.24) is 0 Å². The molecule has 0 aromatic heterocycles. The molecule has 1 aromatic rings. The smallest absolute Gasteiger partial charge is 0.142 e. The number of Topliss-reactive ketones (excluding diaryl/α,β-unsaturated/α-hetero) is 1. The minimum Gasteiger partial charge on any atom is -0.300 e. The number of ketones is 1. The summed E-state index contributed by atoms with van der Waals surface area (Å²) in [7, 11) is 0. The number of hydrogen-bond donors (Lipinski definition) is 0. The molecule has 0 saturated carbocycles. The monoisotopic (exact) mass is 256 g/mol. The molecule has 1 rings (SSSR count). The van der Waals surface area contributed by atoms with Gasteiger partial charge in [0, 0.05) is 12.8 Å². The Balaban J connectivity index is 2.88.